The molecule has 4 nitrogen and oxygen atoms in total. The van der Waals surface area contributed by atoms with E-state index in [1.807, 2.05) is 13.0 Å². The van der Waals surface area contributed by atoms with Crippen molar-refractivity contribution in [3.8, 4) is 0 Å². The van der Waals surface area contributed by atoms with Crippen molar-refractivity contribution in [1.29, 1.82) is 0 Å². The molecule has 1 rings (SSSR count). The summed E-state index contributed by atoms with van der Waals surface area (Å²) in [5.74, 6) is 6.30. The molecule has 1 aromatic heterocycles. The average molecular weight is 194 g/mol. The normalized spacial score (nSPS) is 14.1. The van der Waals surface area contributed by atoms with E-state index in [9.17, 15) is 0 Å². The molecule has 3 N–H and O–H groups in total. The topological polar surface area (TPSA) is 63.8 Å². The standard InChI is InChI=1S/C10H18N4/c1-7-12-6-5-8(13-7)9(14-11)10(2,3)4/h5-6,9,14H,11H2,1-4H3. The summed E-state index contributed by atoms with van der Waals surface area (Å²) in [5.41, 5.74) is 3.77. The van der Waals surface area contributed by atoms with Gasteiger partial charge in [-0.3, -0.25) is 11.3 Å². The maximum Gasteiger partial charge on any atom is 0.125 e. The molecule has 14 heavy (non-hydrogen) atoms. The number of aryl methyl sites for hydroxylation is 1. The third-order valence-electron chi connectivity index (χ3n) is 2.13. The van der Waals surface area contributed by atoms with Crippen molar-refractivity contribution in [2.24, 2.45) is 11.3 Å². The van der Waals surface area contributed by atoms with E-state index in [1.165, 1.54) is 0 Å². The van der Waals surface area contributed by atoms with Crippen molar-refractivity contribution < 1.29 is 0 Å². The van der Waals surface area contributed by atoms with Gasteiger partial charge in [-0.05, 0) is 18.4 Å². The summed E-state index contributed by atoms with van der Waals surface area (Å²) in [7, 11) is 0. The lowest BCUT2D eigenvalue weighted by atomic mass is 9.85. The van der Waals surface area contributed by atoms with E-state index in [-0.39, 0.29) is 11.5 Å². The molecule has 0 amide bonds. The Hall–Kier alpha value is -1.00. The lowest BCUT2D eigenvalue weighted by Gasteiger charge is -2.29. The Labute approximate surface area is 84.9 Å². The van der Waals surface area contributed by atoms with Crippen molar-refractivity contribution in [3.63, 3.8) is 0 Å². The molecule has 0 spiro atoms. The average Bonchev–Trinajstić information content (AvgIpc) is 2.02. The van der Waals surface area contributed by atoms with Gasteiger partial charge in [-0.25, -0.2) is 9.97 Å². The SMILES string of the molecule is Cc1nccc(C(NN)C(C)(C)C)n1. The third kappa shape index (κ3) is 2.49. The van der Waals surface area contributed by atoms with Crippen LogP contribution in [0.2, 0.25) is 0 Å². The molecule has 0 bridgehead atoms. The molecule has 0 aliphatic rings. The predicted molar refractivity (Wildman–Crippen MR) is 56.3 cm³/mol. The lowest BCUT2D eigenvalue weighted by Crippen LogP contribution is -2.37. The Morgan fingerprint density at radius 3 is 2.50 bits per heavy atom. The van der Waals surface area contributed by atoms with Crippen LogP contribution in [0.1, 0.15) is 38.3 Å². The molecule has 0 saturated heterocycles. The highest BCUT2D eigenvalue weighted by atomic mass is 15.2. The minimum atomic E-state index is 0.0372. The molecule has 0 fully saturated rings. The minimum absolute atomic E-state index is 0.0372. The summed E-state index contributed by atoms with van der Waals surface area (Å²) in [4.78, 5) is 8.42. The van der Waals surface area contributed by atoms with Crippen LogP contribution in [-0.2, 0) is 0 Å². The molecule has 1 atom stereocenters. The van der Waals surface area contributed by atoms with Crippen molar-refractivity contribution in [2.45, 2.75) is 33.7 Å². The zero-order valence-electron chi connectivity index (χ0n) is 9.20. The van der Waals surface area contributed by atoms with Gasteiger partial charge in [0, 0.05) is 6.20 Å². The van der Waals surface area contributed by atoms with E-state index in [0.29, 0.717) is 0 Å². The van der Waals surface area contributed by atoms with Crippen LogP contribution in [0.3, 0.4) is 0 Å². The van der Waals surface area contributed by atoms with E-state index >= 15 is 0 Å². The van der Waals surface area contributed by atoms with Crippen LogP contribution in [0.5, 0.6) is 0 Å². The highest BCUT2D eigenvalue weighted by Gasteiger charge is 2.26. The number of rotatable bonds is 2. The molecule has 1 aromatic rings. The van der Waals surface area contributed by atoms with Crippen LogP contribution in [-0.4, -0.2) is 9.97 Å². The van der Waals surface area contributed by atoms with Crippen molar-refractivity contribution in [3.05, 3.63) is 23.8 Å². The summed E-state index contributed by atoms with van der Waals surface area (Å²) in [6, 6.07) is 1.94. The van der Waals surface area contributed by atoms with Crippen LogP contribution in [0.4, 0.5) is 0 Å². The quantitative estimate of drug-likeness (QED) is 0.551. The first-order valence-corrected chi connectivity index (χ1v) is 4.71. The van der Waals surface area contributed by atoms with E-state index in [4.69, 9.17) is 5.84 Å². The van der Waals surface area contributed by atoms with Gasteiger partial charge in [0.2, 0.25) is 0 Å². The fourth-order valence-corrected chi connectivity index (χ4v) is 1.41. The molecule has 0 aliphatic carbocycles. The van der Waals surface area contributed by atoms with Crippen LogP contribution in [0.25, 0.3) is 0 Å². The maximum atomic E-state index is 5.53. The molecular formula is C10H18N4. The van der Waals surface area contributed by atoms with Crippen molar-refractivity contribution in [1.82, 2.24) is 15.4 Å². The molecule has 0 aliphatic heterocycles. The van der Waals surface area contributed by atoms with Crippen LogP contribution < -0.4 is 11.3 Å². The van der Waals surface area contributed by atoms with Gasteiger partial charge in [0.05, 0.1) is 11.7 Å². The Balaban J connectivity index is 3.01. The molecular weight excluding hydrogens is 176 g/mol. The summed E-state index contributed by atoms with van der Waals surface area (Å²) in [6.07, 6.45) is 1.76. The monoisotopic (exact) mass is 194 g/mol. The van der Waals surface area contributed by atoms with E-state index < -0.39 is 0 Å². The van der Waals surface area contributed by atoms with Gasteiger partial charge in [-0.1, -0.05) is 20.8 Å². The highest BCUT2D eigenvalue weighted by molar-refractivity contribution is 5.09. The lowest BCUT2D eigenvalue weighted by molar-refractivity contribution is 0.270. The van der Waals surface area contributed by atoms with Gasteiger partial charge in [-0.15, -0.1) is 0 Å². The van der Waals surface area contributed by atoms with Gasteiger partial charge in [-0.2, -0.15) is 0 Å². The number of aromatic nitrogens is 2. The van der Waals surface area contributed by atoms with E-state index in [0.717, 1.165) is 11.5 Å². The van der Waals surface area contributed by atoms with Crippen LogP contribution in [0.15, 0.2) is 12.3 Å². The fourth-order valence-electron chi connectivity index (χ4n) is 1.41. The summed E-state index contributed by atoms with van der Waals surface area (Å²) >= 11 is 0. The van der Waals surface area contributed by atoms with Gasteiger partial charge < -0.3 is 0 Å². The number of hydrogen-bond acceptors (Lipinski definition) is 4. The number of hydrazine groups is 1. The first kappa shape index (κ1) is 11.1. The Morgan fingerprint density at radius 2 is 2.07 bits per heavy atom. The summed E-state index contributed by atoms with van der Waals surface area (Å²) in [5, 5.41) is 0. The fraction of sp³-hybridized carbons (Fsp3) is 0.600. The van der Waals surface area contributed by atoms with Crippen molar-refractivity contribution >= 4 is 0 Å². The van der Waals surface area contributed by atoms with E-state index in [1.54, 1.807) is 6.20 Å². The highest BCUT2D eigenvalue weighted by Crippen LogP contribution is 2.30. The van der Waals surface area contributed by atoms with Crippen molar-refractivity contribution in [2.75, 3.05) is 0 Å². The molecule has 0 radical (unpaired) electrons. The number of nitrogens with one attached hydrogen (secondary N) is 1. The Bertz CT molecular complexity index is 303. The molecule has 4 heteroatoms. The zero-order valence-corrected chi connectivity index (χ0v) is 9.20. The van der Waals surface area contributed by atoms with Gasteiger partial charge >= 0.3 is 0 Å². The molecule has 0 aromatic carbocycles. The first-order chi connectivity index (χ1) is 6.45. The van der Waals surface area contributed by atoms with Gasteiger partial charge in [0.25, 0.3) is 0 Å². The Morgan fingerprint density at radius 1 is 1.43 bits per heavy atom. The first-order valence-electron chi connectivity index (χ1n) is 4.71. The van der Waals surface area contributed by atoms with Crippen LogP contribution >= 0.6 is 0 Å². The zero-order chi connectivity index (χ0) is 10.8. The second kappa shape index (κ2) is 4.02. The van der Waals surface area contributed by atoms with Gasteiger partial charge in [0.15, 0.2) is 0 Å². The maximum absolute atomic E-state index is 5.53. The van der Waals surface area contributed by atoms with E-state index in [2.05, 4.69) is 36.2 Å². The third-order valence-corrected chi connectivity index (χ3v) is 2.13. The number of hydrogen-bond donors (Lipinski definition) is 2. The minimum Gasteiger partial charge on any atom is -0.271 e. The number of nitrogens with zero attached hydrogens (tertiary/aromatic N) is 2. The molecule has 1 heterocycles. The van der Waals surface area contributed by atoms with Crippen LogP contribution in [0, 0.1) is 12.3 Å². The molecule has 1 unspecified atom stereocenters. The second-order valence-corrected chi connectivity index (χ2v) is 4.49. The Kier molecular flexibility index (Phi) is 3.18. The number of nitrogens with two attached hydrogens (primary N) is 1. The molecule has 78 valence electrons. The molecule has 0 saturated carbocycles. The smallest absolute Gasteiger partial charge is 0.125 e. The summed E-state index contributed by atoms with van der Waals surface area (Å²) in [6.45, 7) is 8.23. The summed E-state index contributed by atoms with van der Waals surface area (Å²) < 4.78 is 0. The largest absolute Gasteiger partial charge is 0.271 e. The van der Waals surface area contributed by atoms with Gasteiger partial charge in [0.1, 0.15) is 5.82 Å². The predicted octanol–water partition coefficient (Wildman–Crippen LogP) is 1.34. The second-order valence-electron chi connectivity index (χ2n) is 4.49.